The fraction of sp³-hybridized carbons (Fsp3) is 0.500. The van der Waals surface area contributed by atoms with Crippen molar-refractivity contribution >= 4 is 11.8 Å². The Morgan fingerprint density at radius 3 is 2.39 bits per heavy atom. The largest absolute Gasteiger partial charge is 0.271 e. The molecule has 1 aromatic rings. The average Bonchev–Trinajstić information content (AvgIpc) is 2.33. The third-order valence-corrected chi connectivity index (χ3v) is 3.85. The Morgan fingerprint density at radius 1 is 1.17 bits per heavy atom. The van der Waals surface area contributed by atoms with Gasteiger partial charge in [-0.3, -0.25) is 11.3 Å². The second-order valence-electron chi connectivity index (χ2n) is 4.42. The SMILES string of the molecule is CC(C)CSCC(NN)c1ccc(F)c(F)c1F. The van der Waals surface area contributed by atoms with Crippen LogP contribution in [-0.2, 0) is 0 Å². The summed E-state index contributed by atoms with van der Waals surface area (Å²) in [6.45, 7) is 4.13. The van der Waals surface area contributed by atoms with Crippen LogP contribution in [0.3, 0.4) is 0 Å². The van der Waals surface area contributed by atoms with Gasteiger partial charge >= 0.3 is 0 Å². The van der Waals surface area contributed by atoms with Crippen molar-refractivity contribution in [3.63, 3.8) is 0 Å². The highest BCUT2D eigenvalue weighted by Crippen LogP contribution is 2.24. The first-order chi connectivity index (χ1) is 8.47. The molecule has 2 nitrogen and oxygen atoms in total. The van der Waals surface area contributed by atoms with Crippen LogP contribution in [0.2, 0.25) is 0 Å². The van der Waals surface area contributed by atoms with Crippen molar-refractivity contribution in [2.75, 3.05) is 11.5 Å². The van der Waals surface area contributed by atoms with Gasteiger partial charge in [-0.05, 0) is 17.7 Å². The second-order valence-corrected chi connectivity index (χ2v) is 5.49. The number of hydrogen-bond acceptors (Lipinski definition) is 3. The molecular formula is C12H17F3N2S. The van der Waals surface area contributed by atoms with Gasteiger partial charge in [-0.1, -0.05) is 19.9 Å². The Bertz CT molecular complexity index is 399. The number of halogens is 3. The summed E-state index contributed by atoms with van der Waals surface area (Å²) >= 11 is 1.58. The molecule has 0 bridgehead atoms. The number of thioether (sulfide) groups is 1. The molecule has 6 heteroatoms. The van der Waals surface area contributed by atoms with E-state index in [1.54, 1.807) is 11.8 Å². The highest BCUT2D eigenvalue weighted by molar-refractivity contribution is 7.99. The van der Waals surface area contributed by atoms with Gasteiger partial charge in [0, 0.05) is 11.3 Å². The van der Waals surface area contributed by atoms with Crippen molar-refractivity contribution in [2.24, 2.45) is 11.8 Å². The lowest BCUT2D eigenvalue weighted by Crippen LogP contribution is -2.31. The van der Waals surface area contributed by atoms with E-state index in [-0.39, 0.29) is 5.56 Å². The van der Waals surface area contributed by atoms with Gasteiger partial charge in [-0.15, -0.1) is 0 Å². The summed E-state index contributed by atoms with van der Waals surface area (Å²) in [4.78, 5) is 0. The highest BCUT2D eigenvalue weighted by atomic mass is 32.2. The first-order valence-electron chi connectivity index (χ1n) is 5.64. The minimum Gasteiger partial charge on any atom is -0.271 e. The molecule has 0 aromatic heterocycles. The summed E-state index contributed by atoms with van der Waals surface area (Å²) in [5.74, 6) is 3.40. The third kappa shape index (κ3) is 3.90. The molecule has 1 aromatic carbocycles. The Balaban J connectivity index is 2.79. The maximum Gasteiger partial charge on any atom is 0.194 e. The van der Waals surface area contributed by atoms with Crippen molar-refractivity contribution in [3.05, 3.63) is 35.1 Å². The standard InChI is InChI=1S/C12H17F3N2S/c1-7(2)5-18-6-10(17-16)8-3-4-9(13)12(15)11(8)14/h3-4,7,10,17H,5-6,16H2,1-2H3. The quantitative estimate of drug-likeness (QED) is 0.477. The number of benzene rings is 1. The lowest BCUT2D eigenvalue weighted by atomic mass is 10.1. The van der Waals surface area contributed by atoms with Gasteiger partial charge < -0.3 is 0 Å². The number of nitrogens with two attached hydrogens (primary N) is 1. The Morgan fingerprint density at radius 2 is 1.83 bits per heavy atom. The lowest BCUT2D eigenvalue weighted by molar-refractivity contribution is 0.431. The summed E-state index contributed by atoms with van der Waals surface area (Å²) in [5.41, 5.74) is 2.48. The maximum absolute atomic E-state index is 13.6. The molecule has 0 radical (unpaired) electrons. The minimum absolute atomic E-state index is 0.0488. The van der Waals surface area contributed by atoms with E-state index in [0.717, 1.165) is 11.8 Å². The summed E-state index contributed by atoms with van der Waals surface area (Å²) in [5, 5.41) is 0. The minimum atomic E-state index is -1.46. The highest BCUT2D eigenvalue weighted by Gasteiger charge is 2.20. The summed E-state index contributed by atoms with van der Waals surface area (Å²) in [6.07, 6.45) is 0. The Labute approximate surface area is 109 Å². The van der Waals surface area contributed by atoms with E-state index in [9.17, 15) is 13.2 Å². The number of hydrogen-bond donors (Lipinski definition) is 2. The van der Waals surface area contributed by atoms with Crippen molar-refractivity contribution in [1.29, 1.82) is 0 Å². The molecule has 0 aliphatic heterocycles. The molecule has 1 unspecified atom stereocenters. The zero-order chi connectivity index (χ0) is 13.7. The Kier molecular flexibility index (Phi) is 5.98. The molecule has 0 aliphatic rings. The summed E-state index contributed by atoms with van der Waals surface area (Å²) < 4.78 is 39.5. The first kappa shape index (κ1) is 15.3. The van der Waals surface area contributed by atoms with Crippen LogP contribution in [0.4, 0.5) is 13.2 Å². The molecule has 1 rings (SSSR count). The summed E-state index contributed by atoms with van der Waals surface area (Å²) in [7, 11) is 0. The van der Waals surface area contributed by atoms with Crippen molar-refractivity contribution in [3.8, 4) is 0 Å². The van der Waals surface area contributed by atoms with E-state index in [1.807, 2.05) is 0 Å². The van der Waals surface area contributed by atoms with Crippen LogP contribution in [0.25, 0.3) is 0 Å². The molecule has 18 heavy (non-hydrogen) atoms. The zero-order valence-corrected chi connectivity index (χ0v) is 11.2. The van der Waals surface area contributed by atoms with Crippen LogP contribution in [-0.4, -0.2) is 11.5 Å². The normalized spacial score (nSPS) is 13.1. The molecule has 0 fully saturated rings. The molecule has 0 saturated heterocycles. The van der Waals surface area contributed by atoms with Crippen LogP contribution >= 0.6 is 11.8 Å². The average molecular weight is 278 g/mol. The summed E-state index contributed by atoms with van der Waals surface area (Å²) in [6, 6.07) is 1.59. The first-order valence-corrected chi connectivity index (χ1v) is 6.80. The molecule has 0 aliphatic carbocycles. The number of rotatable bonds is 6. The molecule has 102 valence electrons. The van der Waals surface area contributed by atoms with Crippen LogP contribution in [0.1, 0.15) is 25.5 Å². The maximum atomic E-state index is 13.6. The second kappa shape index (κ2) is 7.01. The molecule has 1 atom stereocenters. The third-order valence-electron chi connectivity index (χ3n) is 2.38. The molecule has 0 spiro atoms. The fourth-order valence-electron chi connectivity index (χ4n) is 1.46. The van der Waals surface area contributed by atoms with E-state index < -0.39 is 23.5 Å². The van der Waals surface area contributed by atoms with E-state index in [1.165, 1.54) is 6.07 Å². The van der Waals surface area contributed by atoms with E-state index in [2.05, 4.69) is 19.3 Å². The monoisotopic (exact) mass is 278 g/mol. The smallest absolute Gasteiger partial charge is 0.194 e. The van der Waals surface area contributed by atoms with Crippen LogP contribution < -0.4 is 11.3 Å². The van der Waals surface area contributed by atoms with Crippen LogP contribution in [0.5, 0.6) is 0 Å². The molecule has 0 amide bonds. The van der Waals surface area contributed by atoms with Gasteiger partial charge in [0.25, 0.3) is 0 Å². The molecular weight excluding hydrogens is 261 g/mol. The number of hydrazine groups is 1. The van der Waals surface area contributed by atoms with Gasteiger partial charge in [0.2, 0.25) is 0 Å². The van der Waals surface area contributed by atoms with Crippen molar-refractivity contribution < 1.29 is 13.2 Å². The van der Waals surface area contributed by atoms with Crippen LogP contribution in [0, 0.1) is 23.4 Å². The van der Waals surface area contributed by atoms with Gasteiger partial charge in [0.05, 0.1) is 6.04 Å². The van der Waals surface area contributed by atoms with Gasteiger partial charge in [0.15, 0.2) is 17.5 Å². The predicted molar refractivity (Wildman–Crippen MR) is 68.5 cm³/mol. The van der Waals surface area contributed by atoms with E-state index in [0.29, 0.717) is 11.7 Å². The number of nitrogens with one attached hydrogen (secondary N) is 1. The van der Waals surface area contributed by atoms with Gasteiger partial charge in [-0.25, -0.2) is 13.2 Å². The van der Waals surface area contributed by atoms with Gasteiger partial charge in [-0.2, -0.15) is 11.8 Å². The zero-order valence-electron chi connectivity index (χ0n) is 10.3. The van der Waals surface area contributed by atoms with Crippen molar-refractivity contribution in [2.45, 2.75) is 19.9 Å². The molecule has 0 heterocycles. The molecule has 0 saturated carbocycles. The fourth-order valence-corrected chi connectivity index (χ4v) is 2.58. The van der Waals surface area contributed by atoms with Gasteiger partial charge in [0.1, 0.15) is 0 Å². The topological polar surface area (TPSA) is 38.0 Å². The van der Waals surface area contributed by atoms with Crippen LogP contribution in [0.15, 0.2) is 12.1 Å². The lowest BCUT2D eigenvalue weighted by Gasteiger charge is -2.17. The molecule has 3 N–H and O–H groups in total. The van der Waals surface area contributed by atoms with E-state index in [4.69, 9.17) is 5.84 Å². The van der Waals surface area contributed by atoms with E-state index >= 15 is 0 Å². The predicted octanol–water partition coefficient (Wildman–Crippen LogP) is 3.00. The van der Waals surface area contributed by atoms with Crippen molar-refractivity contribution in [1.82, 2.24) is 5.43 Å². The Hall–Kier alpha value is -0.720.